The molecular weight excluding hydrogens is 1900 g/mol. The van der Waals surface area contributed by atoms with E-state index in [2.05, 4.69) is 101 Å². The summed E-state index contributed by atoms with van der Waals surface area (Å²) in [5, 5.41) is 136. The van der Waals surface area contributed by atoms with Gasteiger partial charge >= 0.3 is 11.9 Å². The zero-order chi connectivity index (χ0) is 107. The lowest BCUT2D eigenvalue weighted by molar-refractivity contribution is -0.142. The van der Waals surface area contributed by atoms with Gasteiger partial charge in [0.05, 0.1) is 12.1 Å². The molecule has 0 bridgehead atoms. The lowest BCUT2D eigenvalue weighted by Crippen LogP contribution is -2.60. The number of ether oxygens (including phenoxy) is 2. The number of primary amides is 1. The number of rotatable bonds is 64. The predicted octanol–water partition coefficient (Wildman–Crippen LogP) is -6.94. The van der Waals surface area contributed by atoms with Gasteiger partial charge in [-0.1, -0.05) is 12.1 Å². The van der Waals surface area contributed by atoms with Crippen molar-refractivity contribution in [3.8, 4) is 28.7 Å². The van der Waals surface area contributed by atoms with Crippen LogP contribution in [0.25, 0.3) is 0 Å². The zero-order valence-electron chi connectivity index (χ0n) is 80.2. The summed E-state index contributed by atoms with van der Waals surface area (Å²) in [6.07, 6.45) is -3.06. The Kier molecular flexibility index (Phi) is 48.1. The Labute approximate surface area is 833 Å². The maximum atomic E-state index is 15.1. The second-order valence-corrected chi connectivity index (χ2v) is 34.1. The van der Waals surface area contributed by atoms with Crippen LogP contribution >= 0.6 is 0 Å². The van der Waals surface area contributed by atoms with Crippen molar-refractivity contribution in [1.82, 2.24) is 101 Å². The fraction of sp³-hybridized carbons (Fsp3) is 0.489. The number of nitrogens with one attached hydrogen (secondary N) is 25. The standard InChI is InChI=1S/C90H135N33O22/c1-47(124)105-34-5-3-13-59(116-74(133)57(14-6-35-107-84(93)94)114-71(130)46-113-73(132)66(42-48-20-23-50(125)24-21-48)115-70(129)32-41-106-72(131)49-22-27-53-56(43-49)90(145-83(53)143)54-28-25-51(126)44-67(54)144-68-45-52(127)26-29-55(68)90)76(135)117-58(12-2-4-33-91)75(134)118-60(15-7-36-108-85(95)96)77(136)119-62(17-9-38-110-87(99)100)79(138)122-64(30-31-69(92)128)81(140)121-61(16-8-37-109-86(97)98)78(137)120-63(18-10-39-111-88(101)102)80(139)123-65(82(141)142)19-11-40-112-89(103)104/h20-29,43-45,57-66,125-127H,2-19,30-42,46,91H2,1H3,(H2,92,128)(H,105,124)(H,106,131)(H,113,132)(H,114,130)(H,115,129)(H,116,133)(H,117,135)(H,118,134)(H,119,136)(H,120,137)(H,121,140)(H,122,138)(H,123,139)(H,141,142)(H4,93,94,107)(H4,95,96,108)(H4,97,98,109)(H4,99,100,110)(H4,101,102,111)(H4,103,104,112)/t57-,58-,59-,60-,61-,62-,63-,64-,65-,66-/m0/s1. The van der Waals surface area contributed by atoms with Crippen molar-refractivity contribution in [3.63, 3.8) is 0 Å². The first-order valence-electron chi connectivity index (χ1n) is 46.9. The minimum absolute atomic E-state index is 0.0109. The summed E-state index contributed by atoms with van der Waals surface area (Å²) in [5.41, 5.74) is 44.2. The summed E-state index contributed by atoms with van der Waals surface area (Å²) in [4.78, 5) is 225. The van der Waals surface area contributed by atoms with Crippen molar-refractivity contribution < 1.29 is 107 Å². The third-order valence-corrected chi connectivity index (χ3v) is 22.7. The molecular formula is C90H135N33O22. The summed E-state index contributed by atoms with van der Waals surface area (Å²) in [5.74, 6) is -18.5. The maximum Gasteiger partial charge on any atom is 0.340 e. The molecule has 0 radical (unpaired) electrons. The maximum absolute atomic E-state index is 15.1. The van der Waals surface area contributed by atoms with Crippen molar-refractivity contribution in [2.45, 2.75) is 214 Å². The molecule has 0 aliphatic carbocycles. The first-order chi connectivity index (χ1) is 68.9. The molecule has 10 atom stereocenters. The molecule has 0 saturated heterocycles. The van der Waals surface area contributed by atoms with E-state index in [9.17, 15) is 82.8 Å². The Balaban J connectivity index is 1.23. The molecule has 2 heterocycles. The number of hydrogen-bond acceptors (Lipinski definition) is 28. The number of unbranched alkanes of at least 4 members (excludes halogenated alkanes) is 2. The predicted molar refractivity (Wildman–Crippen MR) is 526 cm³/mol. The first kappa shape index (κ1) is 117. The summed E-state index contributed by atoms with van der Waals surface area (Å²) in [6.45, 7) is 0.0263. The highest BCUT2D eigenvalue weighted by molar-refractivity contribution is 6.03. The summed E-state index contributed by atoms with van der Waals surface area (Å²) in [6, 6.07) is 1.99. The number of amides is 14. The van der Waals surface area contributed by atoms with Crippen LogP contribution in [0.1, 0.15) is 185 Å². The van der Waals surface area contributed by atoms with Crippen LogP contribution in [0.15, 0.2) is 78.9 Å². The number of fused-ring (bicyclic) bond motifs is 6. The van der Waals surface area contributed by atoms with Crippen LogP contribution in [0.3, 0.4) is 0 Å². The van der Waals surface area contributed by atoms with Gasteiger partial charge in [-0.25, -0.2) is 9.59 Å². The quantitative estimate of drug-likeness (QED) is 0.00845. The number of phenols is 3. The number of aromatic hydroxyl groups is 3. The molecule has 1 spiro atoms. The molecule has 55 heteroatoms. The van der Waals surface area contributed by atoms with E-state index in [-0.39, 0.29) is 226 Å². The van der Waals surface area contributed by atoms with Crippen LogP contribution in [0, 0.1) is 32.5 Å². The summed E-state index contributed by atoms with van der Waals surface area (Å²) >= 11 is 0. The van der Waals surface area contributed by atoms with Gasteiger partial charge in [-0.15, -0.1) is 0 Å². The van der Waals surface area contributed by atoms with Gasteiger partial charge < -0.3 is 177 Å². The zero-order valence-corrected chi connectivity index (χ0v) is 80.2. The molecule has 0 unspecified atom stereocenters. The van der Waals surface area contributed by atoms with E-state index in [1.807, 2.05) is 0 Å². The Morgan fingerprint density at radius 2 is 0.690 bits per heavy atom. The number of hydrogen-bond donors (Lipinski definition) is 37. The summed E-state index contributed by atoms with van der Waals surface area (Å²) in [7, 11) is 0. The average molecular weight is 2030 g/mol. The fourth-order valence-corrected chi connectivity index (χ4v) is 15.4. The smallest absolute Gasteiger partial charge is 0.340 e. The molecule has 55 nitrogen and oxygen atoms in total. The van der Waals surface area contributed by atoms with Crippen LogP contribution < -0.4 is 152 Å². The van der Waals surface area contributed by atoms with Crippen molar-refractivity contribution in [2.75, 3.05) is 65.4 Å². The molecule has 45 N–H and O–H groups in total. The SMILES string of the molecule is CC(=O)NCCCC[C@H](NC(=O)[C@H](CCCNC(=N)N)NC(=O)CNC(=O)[C@H](Cc1ccc(O)cc1)NC(=O)CCNC(=O)c1ccc2c(c1)C1(OC2=O)c2ccc(O)cc2Oc2cc(O)ccc21)C(=O)N[C@@H](CCCCN)C(=O)N[C@@H](CCCNC(=N)N)C(=O)N[C@@H](CCCNC(=N)N)C(=O)N[C@@H](CCC(N)=O)C(=O)N[C@@H](CCCNC(=N)N)C(=O)N[C@@H](CCCNC(=N)N)C(=O)N[C@@H](CCCNC(=N)N)C(=O)O. The Hall–Kier alpha value is -16.8. The van der Waals surface area contributed by atoms with Crippen LogP contribution in [0.5, 0.6) is 28.7 Å². The van der Waals surface area contributed by atoms with Crippen molar-refractivity contribution in [2.24, 2.45) is 45.9 Å². The number of carbonyl (C=O) groups is 16. The highest BCUT2D eigenvalue weighted by Crippen LogP contribution is 2.57. The largest absolute Gasteiger partial charge is 0.508 e. The first-order valence-corrected chi connectivity index (χ1v) is 46.9. The minimum Gasteiger partial charge on any atom is -0.508 e. The number of guanidine groups is 6. The number of esters is 1. The van der Waals surface area contributed by atoms with Gasteiger partial charge in [0.2, 0.25) is 76.8 Å². The molecule has 792 valence electrons. The molecule has 0 aromatic heterocycles. The van der Waals surface area contributed by atoms with Crippen LogP contribution in [-0.2, 0) is 83.9 Å². The number of nitrogens with two attached hydrogens (primary N) is 8. The van der Waals surface area contributed by atoms with Crippen molar-refractivity contribution in [3.05, 3.63) is 112 Å². The third kappa shape index (κ3) is 40.4. The fourth-order valence-electron chi connectivity index (χ4n) is 15.4. The van der Waals surface area contributed by atoms with Crippen molar-refractivity contribution >= 4 is 130 Å². The molecule has 0 fully saturated rings. The Morgan fingerprint density at radius 3 is 1.06 bits per heavy atom. The molecule has 6 rings (SSSR count). The monoisotopic (exact) mass is 2030 g/mol. The highest BCUT2D eigenvalue weighted by atomic mass is 16.6. The van der Waals surface area contributed by atoms with Gasteiger partial charge in [0.1, 0.15) is 89.2 Å². The van der Waals surface area contributed by atoms with E-state index in [1.54, 1.807) is 0 Å². The number of phenolic OH excluding ortho intramolecular Hbond substituents is 3. The van der Waals surface area contributed by atoms with Gasteiger partial charge in [0.15, 0.2) is 41.4 Å². The third-order valence-electron chi connectivity index (χ3n) is 22.7. The van der Waals surface area contributed by atoms with E-state index in [4.69, 9.17) is 87.8 Å². The molecule has 0 saturated carbocycles. The minimum atomic E-state index is -1.80. The van der Waals surface area contributed by atoms with Gasteiger partial charge in [-0.05, 0) is 189 Å². The Bertz CT molecular complexity index is 5230. The number of aliphatic carboxylic acids is 1. The number of carbonyl (C=O) groups excluding carboxylic acids is 15. The number of carboxylic acids is 1. The Morgan fingerprint density at radius 1 is 0.345 bits per heavy atom. The normalized spacial score (nSPS) is 13.7. The van der Waals surface area contributed by atoms with Gasteiger partial charge in [0.25, 0.3) is 5.91 Å². The summed E-state index contributed by atoms with van der Waals surface area (Å²) < 4.78 is 12.2. The second-order valence-electron chi connectivity index (χ2n) is 34.1. The van der Waals surface area contributed by atoms with E-state index in [0.29, 0.717) is 16.7 Å². The van der Waals surface area contributed by atoms with Gasteiger partial charge in [-0.2, -0.15) is 0 Å². The lowest BCUT2D eigenvalue weighted by atomic mass is 9.77. The lowest BCUT2D eigenvalue weighted by Gasteiger charge is -2.36. The topological polar surface area (TPSA) is 952 Å². The van der Waals surface area contributed by atoms with Gasteiger partial charge in [-0.3, -0.25) is 99.6 Å². The molecule has 2 aliphatic rings. The van der Waals surface area contributed by atoms with Crippen LogP contribution in [-0.4, -0.2) is 277 Å². The van der Waals surface area contributed by atoms with E-state index in [1.165, 1.54) is 85.8 Å². The molecule has 4 aromatic rings. The number of carboxylic acid groups (broad SMARTS) is 1. The molecule has 145 heavy (non-hydrogen) atoms. The number of benzene rings is 4. The van der Waals surface area contributed by atoms with E-state index in [0.717, 1.165) is 0 Å². The van der Waals surface area contributed by atoms with Crippen molar-refractivity contribution in [1.29, 1.82) is 32.5 Å². The van der Waals surface area contributed by atoms with Crippen LogP contribution in [0.4, 0.5) is 0 Å². The molecule has 4 aromatic carbocycles. The van der Waals surface area contributed by atoms with Gasteiger partial charge in [0, 0.05) is 113 Å². The molecule has 2 aliphatic heterocycles. The highest BCUT2D eigenvalue weighted by Gasteiger charge is 2.54. The average Bonchev–Trinajstić information content (AvgIpc) is 1.54. The van der Waals surface area contributed by atoms with Crippen LogP contribution in [0.2, 0.25) is 0 Å². The van der Waals surface area contributed by atoms with E-state index >= 15 is 14.4 Å². The molecule has 14 amide bonds. The van der Waals surface area contributed by atoms with E-state index < -0.39 is 222 Å². The second kappa shape index (κ2) is 59.7.